The molecular weight excluding hydrogens is 345 g/mol. The van der Waals surface area contributed by atoms with Crippen LogP contribution in [0, 0.1) is 11.7 Å². The topological polar surface area (TPSA) is 38.8 Å². The summed E-state index contributed by atoms with van der Waals surface area (Å²) in [5, 5.41) is 0. The molecule has 27 heavy (non-hydrogen) atoms. The maximum absolute atomic E-state index is 13.7. The van der Waals surface area contributed by atoms with Crippen molar-refractivity contribution in [2.75, 3.05) is 19.7 Å². The van der Waals surface area contributed by atoms with Gasteiger partial charge in [0, 0.05) is 31.0 Å². The van der Waals surface area contributed by atoms with Crippen molar-refractivity contribution in [3.8, 4) is 11.5 Å². The Morgan fingerprint density at radius 3 is 3.00 bits per heavy atom. The molecular formula is C22H24FNO3. The number of likely N-dealkylation sites (tertiary alicyclic amines) is 1. The van der Waals surface area contributed by atoms with Crippen LogP contribution in [0.3, 0.4) is 0 Å². The normalized spacial score (nSPS) is 21.5. The zero-order chi connectivity index (χ0) is 18.8. The Morgan fingerprint density at radius 1 is 1.30 bits per heavy atom. The van der Waals surface area contributed by atoms with Crippen LogP contribution < -0.4 is 9.47 Å². The van der Waals surface area contributed by atoms with Gasteiger partial charge in [-0.3, -0.25) is 4.79 Å². The number of carbonyl (C=O) groups excluding carboxylic acids is 1. The molecule has 0 bridgehead atoms. The first kappa shape index (κ1) is 17.8. The Hall–Kier alpha value is -2.56. The summed E-state index contributed by atoms with van der Waals surface area (Å²) in [6.07, 6.45) is 2.92. The van der Waals surface area contributed by atoms with Gasteiger partial charge < -0.3 is 14.4 Å². The summed E-state index contributed by atoms with van der Waals surface area (Å²) >= 11 is 0. The van der Waals surface area contributed by atoms with E-state index in [4.69, 9.17) is 9.47 Å². The van der Waals surface area contributed by atoms with E-state index in [1.54, 1.807) is 18.2 Å². The zero-order valence-corrected chi connectivity index (χ0v) is 15.5. The highest BCUT2D eigenvalue weighted by Crippen LogP contribution is 2.30. The predicted octanol–water partition coefficient (Wildman–Crippen LogP) is 4.08. The first-order chi connectivity index (χ1) is 13.1. The molecule has 2 heterocycles. The van der Waals surface area contributed by atoms with Gasteiger partial charge in [0.2, 0.25) is 0 Å². The van der Waals surface area contributed by atoms with Crippen molar-refractivity contribution in [1.82, 2.24) is 4.90 Å². The lowest BCUT2D eigenvalue weighted by molar-refractivity contribution is 0.0631. The monoisotopic (exact) mass is 369 g/mol. The fraction of sp³-hybridized carbons (Fsp3) is 0.409. The third-order valence-corrected chi connectivity index (χ3v) is 5.26. The van der Waals surface area contributed by atoms with E-state index in [0.717, 1.165) is 37.1 Å². The predicted molar refractivity (Wildman–Crippen MR) is 101 cm³/mol. The van der Waals surface area contributed by atoms with Crippen molar-refractivity contribution >= 4 is 5.91 Å². The standard InChI is InChI=1S/C22H24FNO3/c1-15-11-18-12-17(8-9-20(18)27-15)22(25)24-10-4-5-16(13-24)14-26-21-7-3-2-6-19(21)23/h2-3,6-9,12,15-16H,4-5,10-11,13-14H2,1H3/t15-,16-/m0/s1. The van der Waals surface area contributed by atoms with Crippen molar-refractivity contribution in [1.29, 1.82) is 0 Å². The molecule has 1 saturated heterocycles. The molecule has 0 aliphatic carbocycles. The second-order valence-electron chi connectivity index (χ2n) is 7.46. The van der Waals surface area contributed by atoms with Crippen molar-refractivity contribution in [3.05, 3.63) is 59.4 Å². The van der Waals surface area contributed by atoms with E-state index in [-0.39, 0.29) is 29.5 Å². The minimum atomic E-state index is -0.351. The SMILES string of the molecule is C[C@H]1Cc2cc(C(=O)N3CCC[C@H](COc4ccccc4F)C3)ccc2O1. The number of hydrogen-bond donors (Lipinski definition) is 0. The number of hydrogen-bond acceptors (Lipinski definition) is 3. The molecule has 1 fully saturated rings. The number of piperidine rings is 1. The number of halogens is 1. The molecule has 2 aliphatic rings. The van der Waals surface area contributed by atoms with Gasteiger partial charge in [0.25, 0.3) is 5.91 Å². The molecule has 1 amide bonds. The van der Waals surface area contributed by atoms with Crippen LogP contribution >= 0.6 is 0 Å². The van der Waals surface area contributed by atoms with Crippen molar-refractivity contribution in [2.24, 2.45) is 5.92 Å². The highest BCUT2D eigenvalue weighted by Gasteiger charge is 2.27. The number of ether oxygens (including phenoxy) is 2. The van der Waals surface area contributed by atoms with E-state index in [1.807, 2.05) is 30.0 Å². The number of para-hydroxylation sites is 1. The molecule has 0 unspecified atom stereocenters. The molecule has 0 radical (unpaired) electrons. The van der Waals surface area contributed by atoms with Gasteiger partial charge in [-0.25, -0.2) is 4.39 Å². The quantitative estimate of drug-likeness (QED) is 0.815. The summed E-state index contributed by atoms with van der Waals surface area (Å²) in [6.45, 7) is 3.84. The Balaban J connectivity index is 1.39. The van der Waals surface area contributed by atoms with Crippen LogP contribution in [0.2, 0.25) is 0 Å². The van der Waals surface area contributed by atoms with Crippen molar-refractivity contribution in [3.63, 3.8) is 0 Å². The summed E-state index contributed by atoms with van der Waals surface area (Å²) in [5.41, 5.74) is 1.81. The third-order valence-electron chi connectivity index (χ3n) is 5.26. The summed E-state index contributed by atoms with van der Waals surface area (Å²) < 4.78 is 25.1. The van der Waals surface area contributed by atoms with E-state index in [0.29, 0.717) is 18.7 Å². The Labute approximate surface area is 158 Å². The minimum Gasteiger partial charge on any atom is -0.490 e. The maximum atomic E-state index is 13.7. The van der Waals surface area contributed by atoms with Gasteiger partial charge in [0.1, 0.15) is 11.9 Å². The number of amides is 1. The van der Waals surface area contributed by atoms with Crippen LogP contribution in [0.5, 0.6) is 11.5 Å². The Kier molecular flexibility index (Phi) is 5.01. The molecule has 2 aromatic rings. The second kappa shape index (κ2) is 7.59. The maximum Gasteiger partial charge on any atom is 0.253 e. The molecule has 2 atom stereocenters. The van der Waals surface area contributed by atoms with Crippen LogP contribution in [-0.4, -0.2) is 36.6 Å². The van der Waals surface area contributed by atoms with E-state index in [2.05, 4.69) is 0 Å². The Bertz CT molecular complexity index is 838. The molecule has 4 nitrogen and oxygen atoms in total. The first-order valence-electron chi connectivity index (χ1n) is 9.56. The largest absolute Gasteiger partial charge is 0.490 e. The minimum absolute atomic E-state index is 0.0490. The first-order valence-corrected chi connectivity index (χ1v) is 9.56. The van der Waals surface area contributed by atoms with Crippen molar-refractivity contribution < 1.29 is 18.7 Å². The molecule has 0 N–H and O–H groups in total. The van der Waals surface area contributed by atoms with Crippen LogP contribution in [0.4, 0.5) is 4.39 Å². The Morgan fingerprint density at radius 2 is 2.15 bits per heavy atom. The lowest BCUT2D eigenvalue weighted by atomic mass is 9.97. The second-order valence-corrected chi connectivity index (χ2v) is 7.46. The summed E-state index contributed by atoms with van der Waals surface area (Å²) in [6, 6.07) is 12.1. The fourth-order valence-electron chi connectivity index (χ4n) is 3.89. The summed E-state index contributed by atoms with van der Waals surface area (Å²) in [7, 11) is 0. The van der Waals surface area contributed by atoms with Crippen LogP contribution in [0.15, 0.2) is 42.5 Å². The van der Waals surface area contributed by atoms with Crippen LogP contribution in [-0.2, 0) is 6.42 Å². The van der Waals surface area contributed by atoms with E-state index < -0.39 is 0 Å². The molecule has 2 aliphatic heterocycles. The van der Waals surface area contributed by atoms with Gasteiger partial charge in [-0.05, 0) is 55.7 Å². The number of nitrogens with zero attached hydrogens (tertiary/aromatic N) is 1. The number of carbonyl (C=O) groups is 1. The lowest BCUT2D eigenvalue weighted by Crippen LogP contribution is -2.41. The third kappa shape index (κ3) is 3.92. The zero-order valence-electron chi connectivity index (χ0n) is 15.5. The van der Waals surface area contributed by atoms with E-state index in [1.165, 1.54) is 6.07 Å². The molecule has 2 aromatic carbocycles. The fourth-order valence-corrected chi connectivity index (χ4v) is 3.89. The molecule has 5 heteroatoms. The average Bonchev–Trinajstić information content (AvgIpc) is 3.06. The lowest BCUT2D eigenvalue weighted by Gasteiger charge is -2.32. The number of benzene rings is 2. The summed E-state index contributed by atoms with van der Waals surface area (Å²) in [4.78, 5) is 14.8. The molecule has 142 valence electrons. The molecule has 0 saturated carbocycles. The highest BCUT2D eigenvalue weighted by atomic mass is 19.1. The molecule has 4 rings (SSSR count). The number of fused-ring (bicyclic) bond motifs is 1. The van der Waals surface area contributed by atoms with Gasteiger partial charge in [-0.1, -0.05) is 12.1 Å². The van der Waals surface area contributed by atoms with E-state index >= 15 is 0 Å². The van der Waals surface area contributed by atoms with Crippen LogP contribution in [0.1, 0.15) is 35.7 Å². The van der Waals surface area contributed by atoms with Gasteiger partial charge in [-0.2, -0.15) is 0 Å². The highest BCUT2D eigenvalue weighted by molar-refractivity contribution is 5.94. The van der Waals surface area contributed by atoms with E-state index in [9.17, 15) is 9.18 Å². The molecule has 0 aromatic heterocycles. The van der Waals surface area contributed by atoms with Crippen LogP contribution in [0.25, 0.3) is 0 Å². The van der Waals surface area contributed by atoms with Gasteiger partial charge >= 0.3 is 0 Å². The van der Waals surface area contributed by atoms with Gasteiger partial charge in [-0.15, -0.1) is 0 Å². The van der Waals surface area contributed by atoms with Crippen molar-refractivity contribution in [2.45, 2.75) is 32.3 Å². The molecule has 0 spiro atoms. The summed E-state index contributed by atoms with van der Waals surface area (Å²) in [5.74, 6) is 1.06. The van der Waals surface area contributed by atoms with Gasteiger partial charge in [0.05, 0.1) is 6.61 Å². The van der Waals surface area contributed by atoms with Gasteiger partial charge in [0.15, 0.2) is 11.6 Å². The average molecular weight is 369 g/mol. The number of rotatable bonds is 4. The smallest absolute Gasteiger partial charge is 0.253 e.